The molecule has 2 aliphatic carbocycles. The number of Topliss-reactive ketones (excluding diaryl/α,β-unsaturated/α-hetero) is 1. The van der Waals surface area contributed by atoms with E-state index in [4.69, 9.17) is 18.9 Å². The van der Waals surface area contributed by atoms with Crippen LogP contribution in [0.3, 0.4) is 0 Å². The zero-order valence-electron chi connectivity index (χ0n) is 28.5. The summed E-state index contributed by atoms with van der Waals surface area (Å²) in [7, 11) is 0. The van der Waals surface area contributed by atoms with Crippen LogP contribution in [0.15, 0.2) is 79.2 Å². The molecule has 0 spiro atoms. The Morgan fingerprint density at radius 1 is 0.857 bits per heavy atom. The molecule has 1 saturated carbocycles. The lowest BCUT2D eigenvalue weighted by molar-refractivity contribution is -0.167. The van der Waals surface area contributed by atoms with Gasteiger partial charge < -0.3 is 29.2 Å². The first kappa shape index (κ1) is 37.1. The topological polar surface area (TPSA) is 176 Å². The summed E-state index contributed by atoms with van der Waals surface area (Å²) in [5.74, 6) is -6.47. The van der Waals surface area contributed by atoms with Crippen molar-refractivity contribution in [2.45, 2.75) is 90.0 Å². The van der Waals surface area contributed by atoms with Crippen molar-refractivity contribution in [2.75, 3.05) is 0 Å². The Labute approximate surface area is 285 Å². The molecule has 12 nitrogen and oxygen atoms in total. The van der Waals surface area contributed by atoms with Gasteiger partial charge >= 0.3 is 23.9 Å². The SMILES string of the molecule is C=C1CC(OC(C)=O)C(OC(=O)c2cccnc2)C(C)(C)C=CC(C)C(=O)C2(O)CC(C)(O)C(OC(=O)c3ccccc3)C2C1OC(C)=O. The highest BCUT2D eigenvalue weighted by Gasteiger charge is 2.67. The van der Waals surface area contributed by atoms with Gasteiger partial charge in [0.05, 0.1) is 17.0 Å². The molecule has 2 N–H and O–H groups in total. The number of hydrogen-bond donors (Lipinski definition) is 2. The molecule has 0 radical (unpaired) electrons. The Balaban J connectivity index is 1.89. The number of pyridine rings is 1. The molecule has 8 atom stereocenters. The monoisotopic (exact) mass is 677 g/mol. The van der Waals surface area contributed by atoms with Gasteiger partial charge in [-0.25, -0.2) is 9.59 Å². The summed E-state index contributed by atoms with van der Waals surface area (Å²) in [6.07, 6.45) is -0.464. The summed E-state index contributed by atoms with van der Waals surface area (Å²) in [6.45, 7) is 12.7. The van der Waals surface area contributed by atoms with Crippen molar-refractivity contribution in [1.29, 1.82) is 0 Å². The molecule has 1 fully saturated rings. The molecule has 0 aliphatic heterocycles. The van der Waals surface area contributed by atoms with Gasteiger partial charge in [-0.2, -0.15) is 0 Å². The Morgan fingerprint density at radius 3 is 2.04 bits per heavy atom. The van der Waals surface area contributed by atoms with E-state index >= 15 is 0 Å². The summed E-state index contributed by atoms with van der Waals surface area (Å²) in [6, 6.07) is 11.0. The van der Waals surface area contributed by atoms with Crippen LogP contribution in [0.4, 0.5) is 0 Å². The van der Waals surface area contributed by atoms with Crippen LogP contribution in [-0.2, 0) is 33.3 Å². The second-order valence-electron chi connectivity index (χ2n) is 13.6. The fourth-order valence-corrected chi connectivity index (χ4v) is 6.75. The average molecular weight is 678 g/mol. The van der Waals surface area contributed by atoms with Crippen LogP contribution in [0.5, 0.6) is 0 Å². The smallest absolute Gasteiger partial charge is 0.340 e. The van der Waals surface area contributed by atoms with Crippen molar-refractivity contribution >= 4 is 29.7 Å². The van der Waals surface area contributed by atoms with Gasteiger partial charge in [-0.1, -0.05) is 57.7 Å². The summed E-state index contributed by atoms with van der Waals surface area (Å²) in [5, 5.41) is 24.1. The summed E-state index contributed by atoms with van der Waals surface area (Å²) in [5.41, 5.74) is -5.17. The predicted octanol–water partition coefficient (Wildman–Crippen LogP) is 3.95. The molecule has 0 amide bonds. The second kappa shape index (κ2) is 14.4. The largest absolute Gasteiger partial charge is 0.458 e. The van der Waals surface area contributed by atoms with Crippen LogP contribution in [0.2, 0.25) is 0 Å². The van der Waals surface area contributed by atoms with E-state index in [0.717, 1.165) is 6.92 Å². The maximum atomic E-state index is 14.3. The van der Waals surface area contributed by atoms with E-state index < -0.39 is 89.0 Å². The molecular formula is C37H43NO11. The fraction of sp³-hybridized carbons (Fsp3) is 0.459. The first-order valence-electron chi connectivity index (χ1n) is 15.9. The third-order valence-electron chi connectivity index (χ3n) is 9.02. The van der Waals surface area contributed by atoms with Gasteiger partial charge in [-0.05, 0) is 36.8 Å². The first-order valence-corrected chi connectivity index (χ1v) is 15.9. The van der Waals surface area contributed by atoms with Gasteiger partial charge in [-0.3, -0.25) is 19.4 Å². The van der Waals surface area contributed by atoms with Crippen molar-refractivity contribution in [2.24, 2.45) is 17.3 Å². The van der Waals surface area contributed by atoms with Gasteiger partial charge in [0.2, 0.25) is 0 Å². The highest BCUT2D eigenvalue weighted by atomic mass is 16.6. The normalized spacial score (nSPS) is 31.3. The van der Waals surface area contributed by atoms with Crippen LogP contribution in [0.1, 0.15) is 75.1 Å². The number of nitrogens with zero attached hydrogens (tertiary/aromatic N) is 1. The molecule has 2 aromatic rings. The fourth-order valence-electron chi connectivity index (χ4n) is 6.75. The van der Waals surface area contributed by atoms with Crippen molar-refractivity contribution < 1.29 is 53.1 Å². The van der Waals surface area contributed by atoms with Crippen LogP contribution < -0.4 is 0 Å². The molecule has 1 aromatic carbocycles. The van der Waals surface area contributed by atoms with Crippen LogP contribution in [0.25, 0.3) is 0 Å². The van der Waals surface area contributed by atoms with E-state index in [0.29, 0.717) is 0 Å². The Kier molecular flexibility index (Phi) is 10.9. The van der Waals surface area contributed by atoms with Crippen molar-refractivity contribution in [3.8, 4) is 0 Å². The molecule has 49 heavy (non-hydrogen) atoms. The first-order chi connectivity index (χ1) is 22.9. The van der Waals surface area contributed by atoms with E-state index in [2.05, 4.69) is 11.6 Å². The molecule has 12 heteroatoms. The van der Waals surface area contributed by atoms with E-state index in [1.54, 1.807) is 44.2 Å². The molecular weight excluding hydrogens is 634 g/mol. The number of esters is 4. The minimum absolute atomic E-state index is 0.0339. The Hall–Kier alpha value is -4.68. The van der Waals surface area contributed by atoms with E-state index in [9.17, 15) is 34.2 Å². The minimum atomic E-state index is -2.40. The lowest BCUT2D eigenvalue weighted by Crippen LogP contribution is -2.55. The lowest BCUT2D eigenvalue weighted by Gasteiger charge is -2.41. The quantitative estimate of drug-likeness (QED) is 0.256. The molecule has 1 aromatic heterocycles. The number of aromatic nitrogens is 1. The van der Waals surface area contributed by atoms with Crippen molar-refractivity contribution in [3.05, 3.63) is 90.3 Å². The molecule has 2 aliphatic rings. The standard InChI is InChI=1S/C37H43NO11/c1-21-15-16-35(5,6)31(48-34(43)26-14-11-17-38-19-26)27(46-23(3)39)18-22(2)29(47-24(4)40)28-32(36(7,44)20-37(28,45)30(21)41)49-33(42)25-12-9-8-10-13-25/h8-17,19,21,27-29,31-32,44-45H,2,18,20H2,1,3-7H3. The van der Waals surface area contributed by atoms with Gasteiger partial charge in [0.15, 0.2) is 5.78 Å². The maximum absolute atomic E-state index is 14.3. The number of benzene rings is 1. The van der Waals surface area contributed by atoms with Crippen LogP contribution in [0, 0.1) is 17.3 Å². The molecule has 0 saturated heterocycles. The third kappa shape index (κ3) is 8.14. The number of ketones is 1. The van der Waals surface area contributed by atoms with Gasteiger partial charge in [0, 0.05) is 50.4 Å². The zero-order valence-corrected chi connectivity index (χ0v) is 28.5. The summed E-state index contributed by atoms with van der Waals surface area (Å²) < 4.78 is 23.3. The molecule has 262 valence electrons. The molecule has 4 rings (SSSR count). The number of hydrogen-bond acceptors (Lipinski definition) is 12. The number of aliphatic hydroxyl groups is 2. The lowest BCUT2D eigenvalue weighted by atomic mass is 9.73. The highest BCUT2D eigenvalue weighted by molar-refractivity contribution is 5.93. The molecule has 1 heterocycles. The summed E-state index contributed by atoms with van der Waals surface area (Å²) >= 11 is 0. The third-order valence-corrected chi connectivity index (χ3v) is 9.02. The number of allylic oxidation sites excluding steroid dienone is 1. The van der Waals surface area contributed by atoms with E-state index in [1.165, 1.54) is 57.4 Å². The van der Waals surface area contributed by atoms with Crippen molar-refractivity contribution in [3.63, 3.8) is 0 Å². The Morgan fingerprint density at radius 2 is 1.45 bits per heavy atom. The maximum Gasteiger partial charge on any atom is 0.340 e. The number of ether oxygens (including phenoxy) is 4. The highest BCUT2D eigenvalue weighted by Crippen LogP contribution is 2.50. The van der Waals surface area contributed by atoms with Gasteiger partial charge in [0.25, 0.3) is 0 Å². The average Bonchev–Trinajstić information content (AvgIpc) is 3.24. The number of rotatable bonds is 6. The molecule has 8 unspecified atom stereocenters. The zero-order chi connectivity index (χ0) is 36.3. The van der Waals surface area contributed by atoms with Gasteiger partial charge in [0.1, 0.15) is 35.6 Å². The van der Waals surface area contributed by atoms with Crippen LogP contribution in [-0.4, -0.2) is 80.5 Å². The van der Waals surface area contributed by atoms with E-state index in [1.807, 2.05) is 0 Å². The Bertz CT molecular complexity index is 1620. The predicted molar refractivity (Wildman–Crippen MR) is 175 cm³/mol. The number of carbonyl (C=O) groups is 5. The van der Waals surface area contributed by atoms with Crippen LogP contribution >= 0.6 is 0 Å². The van der Waals surface area contributed by atoms with Gasteiger partial charge in [-0.15, -0.1) is 0 Å². The van der Waals surface area contributed by atoms with E-state index in [-0.39, 0.29) is 23.1 Å². The molecule has 0 bridgehead atoms. The minimum Gasteiger partial charge on any atom is -0.458 e. The van der Waals surface area contributed by atoms with Crippen molar-refractivity contribution in [1.82, 2.24) is 4.98 Å². The summed E-state index contributed by atoms with van der Waals surface area (Å²) in [4.78, 5) is 70.1. The number of fused-ring (bicyclic) bond motifs is 1. The number of carbonyl (C=O) groups excluding carboxylic acids is 5. The second-order valence-corrected chi connectivity index (χ2v) is 13.6.